The lowest BCUT2D eigenvalue weighted by molar-refractivity contribution is 0.173. The van der Waals surface area contributed by atoms with Crippen LogP contribution in [0.2, 0.25) is 0 Å². The molecule has 0 spiro atoms. The van der Waals surface area contributed by atoms with Crippen LogP contribution in [0.25, 0.3) is 0 Å². The van der Waals surface area contributed by atoms with Gasteiger partial charge in [0.2, 0.25) is 6.79 Å². The van der Waals surface area contributed by atoms with Gasteiger partial charge < -0.3 is 29.6 Å². The van der Waals surface area contributed by atoms with E-state index in [4.69, 9.17) is 18.9 Å². The Labute approximate surface area is 189 Å². The second-order valence-corrected chi connectivity index (χ2v) is 6.52. The van der Waals surface area contributed by atoms with E-state index in [-0.39, 0.29) is 30.8 Å². The number of nitrogens with one attached hydrogen (secondary N) is 2. The van der Waals surface area contributed by atoms with Crippen LogP contribution in [0.15, 0.2) is 39.8 Å². The maximum Gasteiger partial charge on any atom is 0.231 e. The number of ether oxygens (including phenoxy) is 4. The van der Waals surface area contributed by atoms with Crippen LogP contribution in [0.5, 0.6) is 23.0 Å². The summed E-state index contributed by atoms with van der Waals surface area (Å²) in [6, 6.07) is 9.60. The summed E-state index contributed by atoms with van der Waals surface area (Å²) in [5, 5.41) is 6.53. The number of hydrogen-bond donors (Lipinski definition) is 2. The highest BCUT2D eigenvalue weighted by Crippen LogP contribution is 2.40. The van der Waals surface area contributed by atoms with Gasteiger partial charge in [0.1, 0.15) is 0 Å². The van der Waals surface area contributed by atoms with Crippen molar-refractivity contribution >= 4 is 51.6 Å². The van der Waals surface area contributed by atoms with E-state index in [2.05, 4.69) is 31.6 Å². The molecule has 0 aromatic heterocycles. The number of nitrogens with zero attached hydrogens (tertiary/aromatic N) is 1. The molecule has 2 N–H and O–H groups in total. The quantitative estimate of drug-likeness (QED) is 0.308. The van der Waals surface area contributed by atoms with Crippen LogP contribution >= 0.6 is 39.9 Å². The molecule has 9 heteroatoms. The van der Waals surface area contributed by atoms with E-state index in [0.717, 1.165) is 27.2 Å². The second kappa shape index (κ2) is 10.6. The first-order valence-electron chi connectivity index (χ1n) is 8.51. The van der Waals surface area contributed by atoms with Gasteiger partial charge in [-0.05, 0) is 52.7 Å². The van der Waals surface area contributed by atoms with Gasteiger partial charge >= 0.3 is 0 Å². The van der Waals surface area contributed by atoms with Gasteiger partial charge in [-0.2, -0.15) is 0 Å². The highest BCUT2D eigenvalue weighted by Gasteiger charge is 2.18. The number of benzene rings is 2. The molecule has 0 radical (unpaired) electrons. The zero-order valence-corrected chi connectivity index (χ0v) is 19.8. The van der Waals surface area contributed by atoms with Gasteiger partial charge in [-0.15, -0.1) is 24.0 Å². The van der Waals surface area contributed by atoms with Crippen molar-refractivity contribution in [1.29, 1.82) is 0 Å². The van der Waals surface area contributed by atoms with Crippen molar-refractivity contribution in [3.63, 3.8) is 0 Å². The molecule has 0 fully saturated rings. The molecule has 0 atom stereocenters. The molecule has 2 aromatic rings. The minimum atomic E-state index is 0. The summed E-state index contributed by atoms with van der Waals surface area (Å²) >= 11 is 3.51. The average molecular weight is 564 g/mol. The number of rotatable bonds is 6. The standard InChI is InChI=1S/C19H22BrN3O4.HI/c1-4-25-15-6-5-13(9-16(15)24-3)23-19(21-2)22-10-12-7-14(20)18-17(8-12)26-11-27-18;/h5-9H,4,10-11H2,1-3H3,(H2,21,22,23);1H. The fourth-order valence-electron chi connectivity index (χ4n) is 2.64. The van der Waals surface area contributed by atoms with Crippen molar-refractivity contribution in [2.75, 3.05) is 32.9 Å². The van der Waals surface area contributed by atoms with E-state index in [9.17, 15) is 0 Å². The topological polar surface area (TPSA) is 73.3 Å². The number of fused-ring (bicyclic) bond motifs is 1. The van der Waals surface area contributed by atoms with E-state index in [1.807, 2.05) is 37.3 Å². The molecule has 3 rings (SSSR count). The number of methoxy groups -OCH3 is 1. The molecule has 7 nitrogen and oxygen atoms in total. The number of guanidine groups is 1. The summed E-state index contributed by atoms with van der Waals surface area (Å²) in [4.78, 5) is 4.26. The Hall–Kier alpha value is -1.88. The smallest absolute Gasteiger partial charge is 0.231 e. The third-order valence-corrected chi connectivity index (χ3v) is 4.49. The minimum Gasteiger partial charge on any atom is -0.493 e. The first-order chi connectivity index (χ1) is 13.1. The second-order valence-electron chi connectivity index (χ2n) is 5.66. The molecule has 2 aromatic carbocycles. The summed E-state index contributed by atoms with van der Waals surface area (Å²) in [7, 11) is 3.34. The van der Waals surface area contributed by atoms with E-state index in [1.165, 1.54) is 0 Å². The SMILES string of the molecule is CCOc1ccc(NC(=NC)NCc2cc(Br)c3c(c2)OCO3)cc1OC.I. The molecule has 1 aliphatic heterocycles. The summed E-state index contributed by atoms with van der Waals surface area (Å²) in [6.45, 7) is 3.33. The Morgan fingerprint density at radius 1 is 1.21 bits per heavy atom. The molecular formula is C19H23BrIN3O4. The van der Waals surface area contributed by atoms with Crippen molar-refractivity contribution < 1.29 is 18.9 Å². The minimum absolute atomic E-state index is 0. The van der Waals surface area contributed by atoms with Crippen molar-refractivity contribution in [3.8, 4) is 23.0 Å². The lowest BCUT2D eigenvalue weighted by Crippen LogP contribution is -2.30. The van der Waals surface area contributed by atoms with Crippen molar-refractivity contribution in [2.24, 2.45) is 4.99 Å². The molecule has 0 bridgehead atoms. The highest BCUT2D eigenvalue weighted by molar-refractivity contribution is 14.0. The molecule has 28 heavy (non-hydrogen) atoms. The number of aliphatic imine (C=N–C) groups is 1. The van der Waals surface area contributed by atoms with Crippen molar-refractivity contribution in [3.05, 3.63) is 40.4 Å². The normalized spacial score (nSPS) is 12.2. The van der Waals surface area contributed by atoms with E-state index in [0.29, 0.717) is 30.6 Å². The van der Waals surface area contributed by atoms with Gasteiger partial charge in [-0.3, -0.25) is 4.99 Å². The Morgan fingerprint density at radius 2 is 2.04 bits per heavy atom. The van der Waals surface area contributed by atoms with Crippen LogP contribution in [0, 0.1) is 0 Å². The van der Waals surface area contributed by atoms with Crippen LogP contribution in [0.1, 0.15) is 12.5 Å². The summed E-state index contributed by atoms with van der Waals surface area (Å²) in [5.74, 6) is 3.48. The Bertz CT molecular complexity index is 848. The molecule has 0 unspecified atom stereocenters. The van der Waals surface area contributed by atoms with Crippen LogP contribution in [0.4, 0.5) is 5.69 Å². The number of halogens is 2. The zero-order chi connectivity index (χ0) is 19.2. The summed E-state index contributed by atoms with van der Waals surface area (Å²) < 4.78 is 22.7. The van der Waals surface area contributed by atoms with Gasteiger partial charge in [0.15, 0.2) is 29.0 Å². The predicted octanol–water partition coefficient (Wildman–Crippen LogP) is 4.39. The maximum absolute atomic E-state index is 5.54. The molecule has 0 aliphatic carbocycles. The number of hydrogen-bond acceptors (Lipinski definition) is 5. The third kappa shape index (κ3) is 5.34. The van der Waals surface area contributed by atoms with Gasteiger partial charge in [0.25, 0.3) is 0 Å². The largest absolute Gasteiger partial charge is 0.493 e. The summed E-state index contributed by atoms with van der Waals surface area (Å²) in [6.07, 6.45) is 0. The lowest BCUT2D eigenvalue weighted by Gasteiger charge is -2.15. The van der Waals surface area contributed by atoms with E-state index < -0.39 is 0 Å². The molecule has 0 amide bonds. The molecule has 0 saturated carbocycles. The first kappa shape index (κ1) is 22.4. The molecule has 1 heterocycles. The lowest BCUT2D eigenvalue weighted by atomic mass is 10.2. The van der Waals surface area contributed by atoms with Crippen LogP contribution in [-0.4, -0.2) is 33.5 Å². The first-order valence-corrected chi connectivity index (χ1v) is 9.30. The monoisotopic (exact) mass is 563 g/mol. The Morgan fingerprint density at radius 3 is 2.75 bits per heavy atom. The van der Waals surface area contributed by atoms with E-state index in [1.54, 1.807) is 14.2 Å². The fraction of sp³-hybridized carbons (Fsp3) is 0.316. The van der Waals surface area contributed by atoms with Gasteiger partial charge in [0, 0.05) is 25.3 Å². The van der Waals surface area contributed by atoms with Crippen molar-refractivity contribution in [2.45, 2.75) is 13.5 Å². The molecular weight excluding hydrogens is 541 g/mol. The van der Waals surface area contributed by atoms with E-state index >= 15 is 0 Å². The average Bonchev–Trinajstić information content (AvgIpc) is 3.15. The van der Waals surface area contributed by atoms with Gasteiger partial charge in [0.05, 0.1) is 18.2 Å². The maximum atomic E-state index is 5.54. The Kier molecular flexibility index (Phi) is 8.49. The Balaban J connectivity index is 0.00000280. The third-order valence-electron chi connectivity index (χ3n) is 3.90. The predicted molar refractivity (Wildman–Crippen MR) is 124 cm³/mol. The van der Waals surface area contributed by atoms with Gasteiger partial charge in [-0.1, -0.05) is 0 Å². The summed E-state index contributed by atoms with van der Waals surface area (Å²) in [5.41, 5.74) is 1.88. The molecule has 0 saturated heterocycles. The highest BCUT2D eigenvalue weighted by atomic mass is 127. The number of anilines is 1. The molecule has 152 valence electrons. The van der Waals surface area contributed by atoms with Crippen LogP contribution < -0.4 is 29.6 Å². The zero-order valence-electron chi connectivity index (χ0n) is 15.9. The van der Waals surface area contributed by atoms with Crippen LogP contribution in [0.3, 0.4) is 0 Å². The van der Waals surface area contributed by atoms with Crippen LogP contribution in [-0.2, 0) is 6.54 Å². The fourth-order valence-corrected chi connectivity index (χ4v) is 3.25. The van der Waals surface area contributed by atoms with Gasteiger partial charge in [-0.25, -0.2) is 0 Å². The van der Waals surface area contributed by atoms with Crippen molar-refractivity contribution in [1.82, 2.24) is 5.32 Å². The molecule has 1 aliphatic rings.